The molecule has 0 atom stereocenters. The van der Waals surface area contributed by atoms with E-state index in [9.17, 15) is 10.1 Å². The Morgan fingerprint density at radius 2 is 1.86 bits per heavy atom. The molecule has 0 saturated heterocycles. The molecule has 3 nitrogen and oxygen atoms in total. The molecule has 1 aliphatic carbocycles. The fraction of sp³-hybridized carbons (Fsp3) is 0.235. The van der Waals surface area contributed by atoms with Gasteiger partial charge in [-0.05, 0) is 36.8 Å². The first-order valence-electron chi connectivity index (χ1n) is 6.96. The summed E-state index contributed by atoms with van der Waals surface area (Å²) in [6, 6.07) is 9.54. The molecule has 0 N–H and O–H groups in total. The number of nitrogens with zero attached hydrogens (tertiary/aromatic N) is 2. The average molecular weight is 294 g/mol. The zero-order valence-electron chi connectivity index (χ0n) is 11.5. The SMILES string of the molecule is N#Cc1c(N=Cc2ccc(C=O)cc2)sc2c1CCCC2. The smallest absolute Gasteiger partial charge is 0.150 e. The highest BCUT2D eigenvalue weighted by Crippen LogP contribution is 2.39. The predicted octanol–water partition coefficient (Wildman–Crippen LogP) is 4.06. The van der Waals surface area contributed by atoms with Gasteiger partial charge in [0.25, 0.3) is 0 Å². The standard InChI is InChI=1S/C17H14N2OS/c18-9-15-14-3-1-2-4-16(14)21-17(15)19-10-12-5-7-13(11-20)8-6-12/h5-8,10-11H,1-4H2. The molecule has 21 heavy (non-hydrogen) atoms. The second kappa shape index (κ2) is 6.02. The monoisotopic (exact) mass is 294 g/mol. The van der Waals surface area contributed by atoms with Gasteiger partial charge < -0.3 is 0 Å². The molecule has 1 aromatic heterocycles. The van der Waals surface area contributed by atoms with E-state index in [0.717, 1.165) is 41.7 Å². The van der Waals surface area contributed by atoms with Crippen LogP contribution >= 0.6 is 11.3 Å². The first-order chi connectivity index (χ1) is 10.3. The van der Waals surface area contributed by atoms with Gasteiger partial charge in [-0.15, -0.1) is 11.3 Å². The molecule has 0 spiro atoms. The highest BCUT2D eigenvalue weighted by Gasteiger charge is 2.19. The van der Waals surface area contributed by atoms with Crippen LogP contribution in [0.15, 0.2) is 29.3 Å². The Kier molecular flexibility index (Phi) is 3.94. The number of benzene rings is 1. The topological polar surface area (TPSA) is 53.2 Å². The molecule has 1 aliphatic rings. The van der Waals surface area contributed by atoms with Gasteiger partial charge in [0.15, 0.2) is 0 Å². The summed E-state index contributed by atoms with van der Waals surface area (Å²) in [7, 11) is 0. The number of thiophene rings is 1. The number of aryl methyl sites for hydroxylation is 1. The van der Waals surface area contributed by atoms with Gasteiger partial charge in [-0.3, -0.25) is 4.79 Å². The van der Waals surface area contributed by atoms with Crippen molar-refractivity contribution in [3.63, 3.8) is 0 Å². The van der Waals surface area contributed by atoms with Crippen LogP contribution in [-0.2, 0) is 12.8 Å². The van der Waals surface area contributed by atoms with Crippen LogP contribution in [0.1, 0.15) is 44.8 Å². The third-order valence-corrected chi connectivity index (χ3v) is 4.87. The fourth-order valence-corrected chi connectivity index (χ4v) is 3.73. The summed E-state index contributed by atoms with van der Waals surface area (Å²) >= 11 is 1.64. The van der Waals surface area contributed by atoms with Crippen LogP contribution in [0.3, 0.4) is 0 Å². The van der Waals surface area contributed by atoms with Crippen LogP contribution in [0.25, 0.3) is 0 Å². The zero-order chi connectivity index (χ0) is 14.7. The van der Waals surface area contributed by atoms with Gasteiger partial charge in [-0.25, -0.2) is 4.99 Å². The maximum atomic E-state index is 10.6. The van der Waals surface area contributed by atoms with Gasteiger partial charge in [0.1, 0.15) is 17.4 Å². The van der Waals surface area contributed by atoms with E-state index >= 15 is 0 Å². The molecular weight excluding hydrogens is 280 g/mol. The van der Waals surface area contributed by atoms with Crippen LogP contribution in [0.2, 0.25) is 0 Å². The number of hydrogen-bond donors (Lipinski definition) is 0. The van der Waals surface area contributed by atoms with Crippen molar-refractivity contribution < 1.29 is 4.79 Å². The number of hydrogen-bond acceptors (Lipinski definition) is 4. The molecule has 104 valence electrons. The van der Waals surface area contributed by atoms with Crippen LogP contribution in [0.5, 0.6) is 0 Å². The lowest BCUT2D eigenvalue weighted by molar-refractivity contribution is 0.112. The van der Waals surface area contributed by atoms with Gasteiger partial charge in [0.2, 0.25) is 0 Å². The molecule has 0 aliphatic heterocycles. The highest BCUT2D eigenvalue weighted by atomic mass is 32.1. The maximum Gasteiger partial charge on any atom is 0.150 e. The summed E-state index contributed by atoms with van der Waals surface area (Å²) in [5.74, 6) is 0. The molecule has 0 unspecified atom stereocenters. The van der Waals surface area contributed by atoms with E-state index in [1.165, 1.54) is 16.9 Å². The van der Waals surface area contributed by atoms with E-state index in [-0.39, 0.29) is 0 Å². The molecule has 3 rings (SSSR count). The Bertz CT molecular complexity index is 735. The van der Waals surface area contributed by atoms with Gasteiger partial charge >= 0.3 is 0 Å². The van der Waals surface area contributed by atoms with E-state index in [1.54, 1.807) is 29.7 Å². The molecule has 0 saturated carbocycles. The average Bonchev–Trinajstić information content (AvgIpc) is 2.91. The number of nitriles is 1. The Labute approximate surface area is 127 Å². The minimum absolute atomic E-state index is 0.649. The minimum Gasteiger partial charge on any atom is -0.298 e. The van der Waals surface area contributed by atoms with Crippen molar-refractivity contribution in [3.8, 4) is 6.07 Å². The number of carbonyl (C=O) groups excluding carboxylic acids is 1. The van der Waals surface area contributed by atoms with E-state index in [0.29, 0.717) is 5.56 Å². The quantitative estimate of drug-likeness (QED) is 0.633. The zero-order valence-corrected chi connectivity index (χ0v) is 12.3. The van der Waals surface area contributed by atoms with Gasteiger partial charge in [-0.1, -0.05) is 24.3 Å². The number of aldehydes is 1. The van der Waals surface area contributed by atoms with Crippen molar-refractivity contribution in [2.24, 2.45) is 4.99 Å². The van der Waals surface area contributed by atoms with Crippen molar-refractivity contribution in [1.29, 1.82) is 5.26 Å². The van der Waals surface area contributed by atoms with Gasteiger partial charge in [0, 0.05) is 16.7 Å². The third-order valence-electron chi connectivity index (χ3n) is 3.67. The first kappa shape index (κ1) is 13.7. The van der Waals surface area contributed by atoms with Crippen LogP contribution in [0.4, 0.5) is 5.00 Å². The molecule has 0 fully saturated rings. The Balaban J connectivity index is 1.90. The number of rotatable bonds is 3. The molecule has 2 aromatic rings. The molecule has 1 heterocycles. The van der Waals surface area contributed by atoms with E-state index in [2.05, 4.69) is 11.1 Å². The summed E-state index contributed by atoms with van der Waals surface area (Å²) < 4.78 is 0. The van der Waals surface area contributed by atoms with Gasteiger partial charge in [-0.2, -0.15) is 5.26 Å². The molecule has 4 heteroatoms. The van der Waals surface area contributed by atoms with Crippen molar-refractivity contribution in [2.75, 3.05) is 0 Å². The van der Waals surface area contributed by atoms with E-state index < -0.39 is 0 Å². The molecular formula is C17H14N2OS. The first-order valence-corrected chi connectivity index (χ1v) is 7.77. The summed E-state index contributed by atoms with van der Waals surface area (Å²) in [6.45, 7) is 0. The number of carbonyl (C=O) groups is 1. The van der Waals surface area contributed by atoms with Crippen molar-refractivity contribution >= 4 is 28.8 Å². The lowest BCUT2D eigenvalue weighted by Crippen LogP contribution is -1.99. The normalized spacial score (nSPS) is 13.9. The fourth-order valence-electron chi connectivity index (χ4n) is 2.55. The summed E-state index contributed by atoms with van der Waals surface area (Å²) in [5, 5.41) is 10.2. The minimum atomic E-state index is 0.649. The number of aliphatic imine (C=N–C) groups is 1. The second-order valence-corrected chi connectivity index (χ2v) is 6.13. The summed E-state index contributed by atoms with van der Waals surface area (Å²) in [4.78, 5) is 16.4. The predicted molar refractivity (Wildman–Crippen MR) is 84.8 cm³/mol. The summed E-state index contributed by atoms with van der Waals surface area (Å²) in [6.07, 6.45) is 7.01. The van der Waals surface area contributed by atoms with Crippen LogP contribution < -0.4 is 0 Å². The molecule has 0 amide bonds. The Morgan fingerprint density at radius 1 is 1.14 bits per heavy atom. The van der Waals surface area contributed by atoms with Gasteiger partial charge in [0.05, 0.1) is 5.56 Å². The van der Waals surface area contributed by atoms with Crippen molar-refractivity contribution in [2.45, 2.75) is 25.7 Å². The van der Waals surface area contributed by atoms with Crippen molar-refractivity contribution in [3.05, 3.63) is 51.4 Å². The van der Waals surface area contributed by atoms with Crippen LogP contribution in [-0.4, -0.2) is 12.5 Å². The third kappa shape index (κ3) is 2.79. The lowest BCUT2D eigenvalue weighted by atomic mass is 9.96. The van der Waals surface area contributed by atoms with Crippen molar-refractivity contribution in [1.82, 2.24) is 0 Å². The summed E-state index contributed by atoms with van der Waals surface area (Å²) in [5.41, 5.74) is 3.53. The number of fused-ring (bicyclic) bond motifs is 1. The maximum absolute atomic E-state index is 10.6. The largest absolute Gasteiger partial charge is 0.298 e. The second-order valence-electron chi connectivity index (χ2n) is 5.05. The molecule has 1 aromatic carbocycles. The lowest BCUT2D eigenvalue weighted by Gasteiger charge is -2.09. The Morgan fingerprint density at radius 3 is 2.57 bits per heavy atom. The van der Waals surface area contributed by atoms with E-state index in [1.807, 2.05) is 12.1 Å². The highest BCUT2D eigenvalue weighted by molar-refractivity contribution is 7.16. The van der Waals surface area contributed by atoms with E-state index in [4.69, 9.17) is 0 Å². The Hall–Kier alpha value is -2.25. The molecule has 0 bridgehead atoms. The molecule has 0 radical (unpaired) electrons. The van der Waals surface area contributed by atoms with Crippen LogP contribution in [0, 0.1) is 11.3 Å².